The number of esters is 1. The smallest absolute Gasteiger partial charge is 0.306 e. The summed E-state index contributed by atoms with van der Waals surface area (Å²) in [6.07, 6.45) is 51.0. The van der Waals surface area contributed by atoms with E-state index in [1.165, 1.54) is 186 Å². The number of unbranched alkanes of at least 4 members (excludes halogenated alkanes) is 39. The Kier molecular flexibility index (Phi) is 50.1. The Labute approximate surface area is 461 Å². The molecule has 442 valence electrons. The predicted molar refractivity (Wildman–Crippen MR) is 311 cm³/mol. The Hall–Kier alpha value is -1.86. The van der Waals surface area contributed by atoms with Crippen molar-refractivity contribution in [3.63, 3.8) is 0 Å². The van der Waals surface area contributed by atoms with Gasteiger partial charge < -0.3 is 45.1 Å². The van der Waals surface area contributed by atoms with Gasteiger partial charge in [0.05, 0.1) is 25.4 Å². The SMILES string of the molecule is CCCC/C=C\CCCCCCCC(=O)OC1C(OCC(NC(=O)C(O)CCCCCCCCCCCCCCCCCCCCCCCCCC)C(O)/C=C/CCCCCCCCCCC)OC(CO)C(O)C1O. The predicted octanol–water partition coefficient (Wildman–Crippen LogP) is 15.3. The van der Waals surface area contributed by atoms with E-state index in [2.05, 4.69) is 38.2 Å². The summed E-state index contributed by atoms with van der Waals surface area (Å²) in [5.41, 5.74) is 0. The number of carbonyl (C=O) groups is 2. The van der Waals surface area contributed by atoms with Crippen molar-refractivity contribution in [2.24, 2.45) is 0 Å². The van der Waals surface area contributed by atoms with Gasteiger partial charge in [0, 0.05) is 6.42 Å². The van der Waals surface area contributed by atoms with Crippen LogP contribution in [0.4, 0.5) is 0 Å². The van der Waals surface area contributed by atoms with E-state index in [1.54, 1.807) is 6.08 Å². The van der Waals surface area contributed by atoms with Crippen LogP contribution < -0.4 is 5.32 Å². The molecule has 0 aromatic carbocycles. The molecule has 0 radical (unpaired) electrons. The largest absolute Gasteiger partial charge is 0.454 e. The first-order valence-electron chi connectivity index (χ1n) is 32.1. The molecule has 0 saturated carbocycles. The lowest BCUT2D eigenvalue weighted by Gasteiger charge is -2.41. The van der Waals surface area contributed by atoms with Crippen molar-refractivity contribution in [3.05, 3.63) is 24.3 Å². The van der Waals surface area contributed by atoms with Crippen molar-refractivity contribution < 1.29 is 49.3 Å². The van der Waals surface area contributed by atoms with Crippen molar-refractivity contribution in [2.75, 3.05) is 13.2 Å². The van der Waals surface area contributed by atoms with Gasteiger partial charge in [-0.05, 0) is 44.9 Å². The Morgan fingerprint density at radius 1 is 0.507 bits per heavy atom. The molecule has 1 fully saturated rings. The van der Waals surface area contributed by atoms with Gasteiger partial charge >= 0.3 is 5.97 Å². The second-order valence-corrected chi connectivity index (χ2v) is 22.5. The quantitative estimate of drug-likeness (QED) is 0.0195. The number of rotatable bonds is 55. The molecular weight excluding hydrogens is 943 g/mol. The van der Waals surface area contributed by atoms with E-state index >= 15 is 0 Å². The fraction of sp³-hybridized carbons (Fsp3) is 0.906. The third kappa shape index (κ3) is 40.9. The van der Waals surface area contributed by atoms with Crippen molar-refractivity contribution in [2.45, 2.75) is 359 Å². The van der Waals surface area contributed by atoms with Crippen LogP contribution in [0.15, 0.2) is 24.3 Å². The van der Waals surface area contributed by atoms with Crippen molar-refractivity contribution in [1.29, 1.82) is 0 Å². The maximum absolute atomic E-state index is 13.4. The standard InChI is InChI=1S/C64H121NO10/c1-4-7-10-13-16-19-22-23-24-25-26-27-28-29-30-31-32-33-34-37-39-42-45-48-51-57(68)63(72)65-55(56(67)50-47-44-41-38-35-20-17-14-11-8-5-2)54-73-64-62(61(71)60(70)58(53-66)74-64)75-59(69)52-49-46-43-40-36-21-18-15-12-9-6-3/h15,18,47,50,55-58,60-62,64,66-68,70-71H,4-14,16-17,19-46,48-49,51-54H2,1-3H3,(H,65,72)/b18-15-,50-47+. The minimum atomic E-state index is -1.61. The molecule has 0 aromatic heterocycles. The fourth-order valence-corrected chi connectivity index (χ4v) is 10.2. The van der Waals surface area contributed by atoms with E-state index < -0.39 is 67.4 Å². The zero-order chi connectivity index (χ0) is 54.7. The highest BCUT2D eigenvalue weighted by Crippen LogP contribution is 2.26. The summed E-state index contributed by atoms with van der Waals surface area (Å²) >= 11 is 0. The molecule has 1 saturated heterocycles. The first-order chi connectivity index (χ1) is 36.7. The maximum Gasteiger partial charge on any atom is 0.306 e. The summed E-state index contributed by atoms with van der Waals surface area (Å²) < 4.78 is 17.6. The highest BCUT2D eigenvalue weighted by atomic mass is 16.7. The Morgan fingerprint density at radius 2 is 0.893 bits per heavy atom. The van der Waals surface area contributed by atoms with E-state index in [0.717, 1.165) is 77.0 Å². The van der Waals surface area contributed by atoms with Crippen LogP contribution in [0, 0.1) is 0 Å². The third-order valence-electron chi connectivity index (χ3n) is 15.4. The Bertz CT molecular complexity index is 1310. The molecule has 11 nitrogen and oxygen atoms in total. The second kappa shape index (κ2) is 52.8. The number of nitrogens with one attached hydrogen (secondary N) is 1. The number of allylic oxidation sites excluding steroid dienone is 3. The monoisotopic (exact) mass is 1060 g/mol. The number of aliphatic hydroxyl groups is 5. The highest BCUT2D eigenvalue weighted by Gasteiger charge is 2.47. The molecule has 0 spiro atoms. The number of ether oxygens (including phenoxy) is 3. The summed E-state index contributed by atoms with van der Waals surface area (Å²) in [5.74, 6) is -1.19. The molecule has 1 aliphatic rings. The first-order valence-corrected chi connectivity index (χ1v) is 32.1. The molecule has 8 unspecified atom stereocenters. The van der Waals surface area contributed by atoms with Crippen LogP contribution in [0.5, 0.6) is 0 Å². The van der Waals surface area contributed by atoms with Gasteiger partial charge in [-0.15, -0.1) is 0 Å². The topological polar surface area (TPSA) is 175 Å². The summed E-state index contributed by atoms with van der Waals surface area (Å²) in [4.78, 5) is 26.5. The lowest BCUT2D eigenvalue weighted by molar-refractivity contribution is -0.305. The minimum Gasteiger partial charge on any atom is -0.454 e. The lowest BCUT2D eigenvalue weighted by atomic mass is 9.99. The molecule has 8 atom stereocenters. The normalized spacial score (nSPS) is 19.3. The summed E-state index contributed by atoms with van der Waals surface area (Å²) in [7, 11) is 0. The van der Waals surface area contributed by atoms with Gasteiger partial charge in [0.15, 0.2) is 12.4 Å². The average Bonchev–Trinajstić information content (AvgIpc) is 3.41. The van der Waals surface area contributed by atoms with Gasteiger partial charge in [-0.25, -0.2) is 0 Å². The zero-order valence-electron chi connectivity index (χ0n) is 48.9. The lowest BCUT2D eigenvalue weighted by Crippen LogP contribution is -2.61. The summed E-state index contributed by atoms with van der Waals surface area (Å²) in [5, 5.41) is 56.9. The molecule has 1 aliphatic heterocycles. The van der Waals surface area contributed by atoms with Gasteiger partial charge in [-0.1, -0.05) is 283 Å². The van der Waals surface area contributed by atoms with Gasteiger partial charge in [-0.3, -0.25) is 9.59 Å². The van der Waals surface area contributed by atoms with Crippen LogP contribution >= 0.6 is 0 Å². The number of aliphatic hydroxyl groups excluding tert-OH is 5. The van der Waals surface area contributed by atoms with Crippen LogP contribution in [-0.2, 0) is 23.8 Å². The zero-order valence-corrected chi connectivity index (χ0v) is 48.9. The molecule has 0 aliphatic carbocycles. The average molecular weight is 1060 g/mol. The van der Waals surface area contributed by atoms with E-state index in [9.17, 15) is 35.1 Å². The van der Waals surface area contributed by atoms with Crippen molar-refractivity contribution in [3.8, 4) is 0 Å². The van der Waals surface area contributed by atoms with E-state index in [4.69, 9.17) is 14.2 Å². The minimum absolute atomic E-state index is 0.116. The molecule has 1 heterocycles. The van der Waals surface area contributed by atoms with E-state index in [0.29, 0.717) is 19.3 Å². The molecular formula is C64H121NO10. The summed E-state index contributed by atoms with van der Waals surface area (Å²) in [6, 6.07) is -1.02. The van der Waals surface area contributed by atoms with Crippen LogP contribution in [-0.4, -0.2) is 99.6 Å². The molecule has 75 heavy (non-hydrogen) atoms. The van der Waals surface area contributed by atoms with Gasteiger partial charge in [0.1, 0.15) is 24.4 Å². The van der Waals surface area contributed by atoms with Crippen LogP contribution in [0.3, 0.4) is 0 Å². The molecule has 6 N–H and O–H groups in total. The number of amides is 1. The van der Waals surface area contributed by atoms with E-state index in [1.807, 2.05) is 6.08 Å². The maximum atomic E-state index is 13.4. The van der Waals surface area contributed by atoms with Crippen LogP contribution in [0.2, 0.25) is 0 Å². The molecule has 11 heteroatoms. The van der Waals surface area contributed by atoms with Gasteiger partial charge in [0.25, 0.3) is 0 Å². The van der Waals surface area contributed by atoms with Crippen molar-refractivity contribution >= 4 is 11.9 Å². The number of hydrogen-bond donors (Lipinski definition) is 6. The molecule has 0 bridgehead atoms. The van der Waals surface area contributed by atoms with E-state index in [-0.39, 0.29) is 13.0 Å². The van der Waals surface area contributed by atoms with Gasteiger partial charge in [-0.2, -0.15) is 0 Å². The van der Waals surface area contributed by atoms with Crippen LogP contribution in [0.1, 0.15) is 310 Å². The first kappa shape index (κ1) is 71.2. The Balaban J connectivity index is 2.56. The molecule has 1 amide bonds. The fourth-order valence-electron chi connectivity index (χ4n) is 10.2. The third-order valence-corrected chi connectivity index (χ3v) is 15.4. The molecule has 1 rings (SSSR count). The number of hydrogen-bond acceptors (Lipinski definition) is 10. The van der Waals surface area contributed by atoms with Gasteiger partial charge in [0.2, 0.25) is 5.91 Å². The van der Waals surface area contributed by atoms with Crippen LogP contribution in [0.25, 0.3) is 0 Å². The van der Waals surface area contributed by atoms with Crippen molar-refractivity contribution in [1.82, 2.24) is 5.32 Å². The second-order valence-electron chi connectivity index (χ2n) is 22.5. The highest BCUT2D eigenvalue weighted by molar-refractivity contribution is 5.80. The molecule has 0 aromatic rings. The number of carbonyl (C=O) groups excluding carboxylic acids is 2. The Morgan fingerprint density at radius 3 is 1.33 bits per heavy atom. The summed E-state index contributed by atoms with van der Waals surface area (Å²) in [6.45, 7) is 5.76.